The van der Waals surface area contributed by atoms with Crippen molar-refractivity contribution in [1.82, 2.24) is 5.32 Å². The largest absolute Gasteiger partial charge is 0.483 e. The highest BCUT2D eigenvalue weighted by Crippen LogP contribution is 2.24. The van der Waals surface area contributed by atoms with Crippen LogP contribution in [0.1, 0.15) is 37.5 Å². The lowest BCUT2D eigenvalue weighted by atomic mass is 10.1. The minimum Gasteiger partial charge on any atom is -0.483 e. The van der Waals surface area contributed by atoms with Crippen molar-refractivity contribution in [3.8, 4) is 5.75 Å². The molecule has 1 N–H and O–H groups in total. The van der Waals surface area contributed by atoms with Gasteiger partial charge in [-0.25, -0.2) is 0 Å². The molecule has 1 rings (SSSR count). The number of hydrogen-bond donors (Lipinski definition) is 1. The fourth-order valence-corrected chi connectivity index (χ4v) is 1.99. The number of hydrogen-bond acceptors (Lipinski definition) is 2. The summed E-state index contributed by atoms with van der Waals surface area (Å²) in [6, 6.07) is 4.30. The lowest BCUT2D eigenvalue weighted by Gasteiger charge is -2.18. The van der Waals surface area contributed by atoms with Crippen molar-refractivity contribution in [3.05, 3.63) is 28.8 Å². The fourth-order valence-electron chi connectivity index (χ4n) is 1.99. The van der Waals surface area contributed by atoms with Crippen LogP contribution in [0.2, 0.25) is 0 Å². The summed E-state index contributed by atoms with van der Waals surface area (Å²) in [7, 11) is 0. The average Bonchev–Trinajstić information content (AvgIpc) is 2.27. The summed E-state index contributed by atoms with van der Waals surface area (Å²) in [5.74, 6) is 1.17. The van der Waals surface area contributed by atoms with E-state index in [0.717, 1.165) is 16.9 Å². The van der Waals surface area contributed by atoms with Gasteiger partial charge in [0.15, 0.2) is 6.61 Å². The summed E-state index contributed by atoms with van der Waals surface area (Å²) in [6.45, 7) is 12.3. The molecule has 19 heavy (non-hydrogen) atoms. The van der Waals surface area contributed by atoms with Crippen LogP contribution in [-0.4, -0.2) is 18.6 Å². The SMILES string of the molecule is Cc1cc(C)c(OCC(=O)NC(C)C(C)C)c(C)c1. The predicted octanol–water partition coefficient (Wildman–Crippen LogP) is 3.15. The van der Waals surface area contributed by atoms with Gasteiger partial charge in [-0.2, -0.15) is 0 Å². The Bertz CT molecular complexity index is 429. The molecule has 1 amide bonds. The second kappa shape index (κ2) is 6.60. The molecular formula is C16H25NO2. The van der Waals surface area contributed by atoms with Crippen LogP contribution in [0, 0.1) is 26.7 Å². The highest BCUT2D eigenvalue weighted by molar-refractivity contribution is 5.77. The van der Waals surface area contributed by atoms with Gasteiger partial charge in [0.25, 0.3) is 5.91 Å². The van der Waals surface area contributed by atoms with E-state index in [9.17, 15) is 4.79 Å². The number of ether oxygens (including phenoxy) is 1. The van der Waals surface area contributed by atoms with E-state index in [1.807, 2.05) is 20.8 Å². The van der Waals surface area contributed by atoms with E-state index < -0.39 is 0 Å². The predicted molar refractivity (Wildman–Crippen MR) is 78.6 cm³/mol. The van der Waals surface area contributed by atoms with Gasteiger partial charge in [-0.05, 0) is 44.7 Å². The Balaban J connectivity index is 2.60. The number of rotatable bonds is 5. The Kier molecular flexibility index (Phi) is 5.40. The standard InChI is InChI=1S/C16H25NO2/c1-10(2)14(6)17-15(18)9-19-16-12(4)7-11(3)8-13(16)5/h7-8,10,14H,9H2,1-6H3,(H,17,18). The van der Waals surface area contributed by atoms with Crippen LogP contribution in [0.15, 0.2) is 12.1 Å². The first kappa shape index (κ1) is 15.5. The van der Waals surface area contributed by atoms with Gasteiger partial charge >= 0.3 is 0 Å². The third-order valence-corrected chi connectivity index (χ3v) is 3.34. The molecule has 0 fully saturated rings. The molecule has 3 nitrogen and oxygen atoms in total. The molecule has 0 aliphatic carbocycles. The maximum Gasteiger partial charge on any atom is 0.258 e. The molecule has 1 atom stereocenters. The smallest absolute Gasteiger partial charge is 0.258 e. The zero-order valence-corrected chi connectivity index (χ0v) is 12.8. The van der Waals surface area contributed by atoms with Crippen LogP contribution in [0.5, 0.6) is 5.75 Å². The number of carbonyl (C=O) groups excluding carboxylic acids is 1. The van der Waals surface area contributed by atoms with Crippen molar-refractivity contribution in [2.24, 2.45) is 5.92 Å². The van der Waals surface area contributed by atoms with Gasteiger partial charge in [-0.3, -0.25) is 4.79 Å². The van der Waals surface area contributed by atoms with Gasteiger partial charge in [0, 0.05) is 6.04 Å². The van der Waals surface area contributed by atoms with Crippen LogP contribution in [0.25, 0.3) is 0 Å². The summed E-state index contributed by atoms with van der Waals surface area (Å²) < 4.78 is 5.65. The van der Waals surface area contributed by atoms with Crippen LogP contribution in [0.4, 0.5) is 0 Å². The molecule has 3 heteroatoms. The second-order valence-electron chi connectivity index (χ2n) is 5.62. The molecule has 1 unspecified atom stereocenters. The zero-order valence-electron chi connectivity index (χ0n) is 12.8. The highest BCUT2D eigenvalue weighted by atomic mass is 16.5. The van der Waals surface area contributed by atoms with Gasteiger partial charge < -0.3 is 10.1 Å². The molecule has 0 spiro atoms. The Morgan fingerprint density at radius 2 is 1.68 bits per heavy atom. The molecule has 1 aromatic carbocycles. The number of nitrogens with one attached hydrogen (secondary N) is 1. The Labute approximate surface area is 116 Å². The van der Waals surface area contributed by atoms with Gasteiger partial charge in [-0.1, -0.05) is 31.5 Å². The molecule has 0 saturated heterocycles. The Morgan fingerprint density at radius 3 is 2.16 bits per heavy atom. The van der Waals surface area contributed by atoms with Crippen molar-refractivity contribution in [2.75, 3.05) is 6.61 Å². The number of benzene rings is 1. The van der Waals surface area contributed by atoms with E-state index >= 15 is 0 Å². The summed E-state index contributed by atoms with van der Waals surface area (Å²) in [5, 5.41) is 2.94. The normalized spacial score (nSPS) is 12.4. The quantitative estimate of drug-likeness (QED) is 0.886. The molecule has 0 saturated carbocycles. The van der Waals surface area contributed by atoms with E-state index in [2.05, 4.69) is 38.2 Å². The topological polar surface area (TPSA) is 38.3 Å². The first-order valence-corrected chi connectivity index (χ1v) is 6.81. The fraction of sp³-hybridized carbons (Fsp3) is 0.562. The summed E-state index contributed by atoms with van der Waals surface area (Å²) in [4.78, 5) is 11.8. The lowest BCUT2D eigenvalue weighted by Crippen LogP contribution is -2.39. The Hall–Kier alpha value is -1.51. The third-order valence-electron chi connectivity index (χ3n) is 3.34. The zero-order chi connectivity index (χ0) is 14.6. The van der Waals surface area contributed by atoms with Gasteiger partial charge in [0.05, 0.1) is 0 Å². The Morgan fingerprint density at radius 1 is 1.16 bits per heavy atom. The van der Waals surface area contributed by atoms with E-state index in [1.165, 1.54) is 5.56 Å². The maximum atomic E-state index is 11.8. The van der Waals surface area contributed by atoms with Crippen molar-refractivity contribution in [1.29, 1.82) is 0 Å². The van der Waals surface area contributed by atoms with Gasteiger partial charge in [-0.15, -0.1) is 0 Å². The maximum absolute atomic E-state index is 11.8. The van der Waals surface area contributed by atoms with Crippen LogP contribution in [0.3, 0.4) is 0 Å². The number of amides is 1. The first-order valence-electron chi connectivity index (χ1n) is 6.81. The van der Waals surface area contributed by atoms with E-state index in [-0.39, 0.29) is 18.6 Å². The second-order valence-corrected chi connectivity index (χ2v) is 5.62. The number of carbonyl (C=O) groups is 1. The first-order chi connectivity index (χ1) is 8.81. The van der Waals surface area contributed by atoms with Crippen LogP contribution < -0.4 is 10.1 Å². The third kappa shape index (κ3) is 4.58. The highest BCUT2D eigenvalue weighted by Gasteiger charge is 2.12. The average molecular weight is 263 g/mol. The van der Waals surface area contributed by atoms with E-state index in [1.54, 1.807) is 0 Å². The number of aryl methyl sites for hydroxylation is 3. The molecule has 0 aromatic heterocycles. The van der Waals surface area contributed by atoms with Gasteiger partial charge in [0.1, 0.15) is 5.75 Å². The molecule has 0 aliphatic heterocycles. The van der Waals surface area contributed by atoms with Crippen LogP contribution in [-0.2, 0) is 4.79 Å². The summed E-state index contributed by atoms with van der Waals surface area (Å²) in [6.07, 6.45) is 0. The molecule has 0 aliphatic rings. The van der Waals surface area contributed by atoms with Crippen molar-refractivity contribution in [2.45, 2.75) is 47.6 Å². The van der Waals surface area contributed by atoms with Crippen molar-refractivity contribution >= 4 is 5.91 Å². The molecule has 1 aromatic rings. The van der Waals surface area contributed by atoms with E-state index in [0.29, 0.717) is 5.92 Å². The molecule has 0 heterocycles. The minimum absolute atomic E-state index is 0.0689. The minimum atomic E-state index is -0.0689. The summed E-state index contributed by atoms with van der Waals surface area (Å²) >= 11 is 0. The molecular weight excluding hydrogens is 238 g/mol. The molecule has 0 radical (unpaired) electrons. The lowest BCUT2D eigenvalue weighted by molar-refractivity contribution is -0.124. The van der Waals surface area contributed by atoms with Gasteiger partial charge in [0.2, 0.25) is 0 Å². The molecule has 106 valence electrons. The van der Waals surface area contributed by atoms with E-state index in [4.69, 9.17) is 4.74 Å². The summed E-state index contributed by atoms with van der Waals surface area (Å²) in [5.41, 5.74) is 3.35. The molecule has 0 bridgehead atoms. The monoisotopic (exact) mass is 263 g/mol. The van der Waals surface area contributed by atoms with Crippen LogP contribution >= 0.6 is 0 Å². The van der Waals surface area contributed by atoms with Crippen molar-refractivity contribution in [3.63, 3.8) is 0 Å². The van der Waals surface area contributed by atoms with Crippen molar-refractivity contribution < 1.29 is 9.53 Å².